The average Bonchev–Trinajstić information content (AvgIpc) is 3.12. The molecule has 1 aromatic heterocycles. The maximum atomic E-state index is 12.7. The van der Waals surface area contributed by atoms with Crippen molar-refractivity contribution in [3.63, 3.8) is 0 Å². The Labute approximate surface area is 142 Å². The highest BCUT2D eigenvalue weighted by Crippen LogP contribution is 2.70. The predicted molar refractivity (Wildman–Crippen MR) is 88.2 cm³/mol. The molecule has 128 valence electrons. The van der Waals surface area contributed by atoms with Gasteiger partial charge in [-0.05, 0) is 55.7 Å². The summed E-state index contributed by atoms with van der Waals surface area (Å²) in [5, 5.41) is 0. The number of ether oxygens (including phenoxy) is 1. The van der Waals surface area contributed by atoms with E-state index in [4.69, 9.17) is 9.15 Å². The van der Waals surface area contributed by atoms with E-state index < -0.39 is 16.9 Å². The summed E-state index contributed by atoms with van der Waals surface area (Å²) in [5.74, 6) is -0.241. The molecule has 0 radical (unpaired) electrons. The Hall–Kier alpha value is -1.84. The van der Waals surface area contributed by atoms with Gasteiger partial charge >= 0.3 is 5.97 Å². The van der Waals surface area contributed by atoms with Gasteiger partial charge < -0.3 is 9.15 Å². The third kappa shape index (κ3) is 1.69. The second-order valence-electron chi connectivity index (χ2n) is 8.21. The Bertz CT molecular complexity index is 731. The molecule has 0 bridgehead atoms. The number of rotatable bonds is 3. The lowest BCUT2D eigenvalue weighted by atomic mass is 9.42. The van der Waals surface area contributed by atoms with Crippen LogP contribution in [-0.2, 0) is 20.7 Å². The molecule has 0 amide bonds. The van der Waals surface area contributed by atoms with Gasteiger partial charge in [0.15, 0.2) is 11.9 Å². The maximum absolute atomic E-state index is 12.7. The first-order valence-electron chi connectivity index (χ1n) is 8.80. The molecule has 1 aliphatic heterocycles. The van der Waals surface area contributed by atoms with E-state index in [9.17, 15) is 9.59 Å². The molecule has 4 atom stereocenters. The number of hydrogen-bond donors (Lipinski definition) is 0. The molecular formula is C20H24O4. The molecule has 2 fully saturated rings. The molecule has 1 aromatic rings. The third-order valence-corrected chi connectivity index (χ3v) is 7.39. The van der Waals surface area contributed by atoms with Crippen molar-refractivity contribution in [3.05, 3.63) is 35.8 Å². The first-order chi connectivity index (χ1) is 11.3. The molecule has 1 saturated heterocycles. The number of allylic oxidation sites excluding steroid dienone is 1. The minimum Gasteiger partial charge on any atom is -0.472 e. The summed E-state index contributed by atoms with van der Waals surface area (Å²) in [7, 11) is 0. The van der Waals surface area contributed by atoms with Crippen LogP contribution >= 0.6 is 0 Å². The molecule has 24 heavy (non-hydrogen) atoms. The van der Waals surface area contributed by atoms with Crippen molar-refractivity contribution in [2.75, 3.05) is 0 Å². The highest BCUT2D eigenvalue weighted by Gasteiger charge is 2.73. The Balaban J connectivity index is 1.76. The van der Waals surface area contributed by atoms with Gasteiger partial charge in [0.2, 0.25) is 0 Å². The molecule has 1 saturated carbocycles. The lowest BCUT2D eigenvalue weighted by molar-refractivity contribution is -0.151. The van der Waals surface area contributed by atoms with Crippen molar-refractivity contribution in [3.8, 4) is 0 Å². The van der Waals surface area contributed by atoms with Gasteiger partial charge in [-0.1, -0.05) is 25.8 Å². The van der Waals surface area contributed by atoms with E-state index >= 15 is 0 Å². The number of carbonyl (C=O) groups is 2. The molecule has 2 heterocycles. The van der Waals surface area contributed by atoms with Crippen molar-refractivity contribution in [1.82, 2.24) is 0 Å². The lowest BCUT2D eigenvalue weighted by Crippen LogP contribution is -2.60. The van der Waals surface area contributed by atoms with Gasteiger partial charge in [-0.2, -0.15) is 0 Å². The minimum atomic E-state index is -0.627. The number of aryl methyl sites for hydroxylation is 1. The van der Waals surface area contributed by atoms with Gasteiger partial charge in [0, 0.05) is 5.41 Å². The smallest absolute Gasteiger partial charge is 0.313 e. The first kappa shape index (κ1) is 15.7. The fourth-order valence-corrected chi connectivity index (χ4v) is 5.48. The van der Waals surface area contributed by atoms with E-state index in [1.54, 1.807) is 18.6 Å². The van der Waals surface area contributed by atoms with Gasteiger partial charge in [0.25, 0.3) is 0 Å². The Morgan fingerprint density at radius 2 is 1.88 bits per heavy atom. The number of ketones is 1. The zero-order valence-electron chi connectivity index (χ0n) is 14.6. The van der Waals surface area contributed by atoms with Crippen molar-refractivity contribution in [1.29, 1.82) is 0 Å². The largest absolute Gasteiger partial charge is 0.472 e. The fraction of sp³-hybridized carbons (Fsp3) is 0.600. The van der Waals surface area contributed by atoms with Gasteiger partial charge in [-0.3, -0.25) is 9.59 Å². The summed E-state index contributed by atoms with van der Waals surface area (Å²) in [6.45, 7) is 6.33. The monoisotopic (exact) mass is 328 g/mol. The second kappa shape index (κ2) is 4.84. The van der Waals surface area contributed by atoms with Crippen LogP contribution in [0.3, 0.4) is 0 Å². The topological polar surface area (TPSA) is 56.5 Å². The Morgan fingerprint density at radius 1 is 1.12 bits per heavy atom. The quantitative estimate of drug-likeness (QED) is 0.791. The van der Waals surface area contributed by atoms with E-state index in [-0.39, 0.29) is 17.2 Å². The lowest BCUT2D eigenvalue weighted by Gasteiger charge is -2.58. The van der Waals surface area contributed by atoms with Gasteiger partial charge in [0.05, 0.1) is 17.9 Å². The summed E-state index contributed by atoms with van der Waals surface area (Å²) in [5.41, 5.74) is 1.07. The molecule has 2 aliphatic carbocycles. The summed E-state index contributed by atoms with van der Waals surface area (Å²) in [6, 6.07) is 1.96. The number of esters is 1. The van der Waals surface area contributed by atoms with Gasteiger partial charge in [-0.15, -0.1) is 0 Å². The normalized spacial score (nSPS) is 41.0. The van der Waals surface area contributed by atoms with Crippen LogP contribution in [-0.4, -0.2) is 17.9 Å². The van der Waals surface area contributed by atoms with E-state index in [1.165, 1.54) is 0 Å². The van der Waals surface area contributed by atoms with Crippen LogP contribution in [0.25, 0.3) is 0 Å². The van der Waals surface area contributed by atoms with Crippen molar-refractivity contribution < 1.29 is 18.7 Å². The molecule has 0 N–H and O–H groups in total. The van der Waals surface area contributed by atoms with Crippen LogP contribution in [0.1, 0.15) is 52.0 Å². The number of carbonyl (C=O) groups excluding carboxylic acids is 2. The highest BCUT2D eigenvalue weighted by atomic mass is 16.6. The molecule has 0 unspecified atom stereocenters. The summed E-state index contributed by atoms with van der Waals surface area (Å²) >= 11 is 0. The molecule has 3 aliphatic rings. The van der Waals surface area contributed by atoms with E-state index in [2.05, 4.69) is 13.8 Å². The summed E-state index contributed by atoms with van der Waals surface area (Å²) < 4.78 is 10.8. The van der Waals surface area contributed by atoms with Crippen LogP contribution in [0.2, 0.25) is 0 Å². The number of furan rings is 1. The molecular weight excluding hydrogens is 304 g/mol. The van der Waals surface area contributed by atoms with Gasteiger partial charge in [-0.25, -0.2) is 0 Å². The van der Waals surface area contributed by atoms with Crippen LogP contribution in [0, 0.1) is 16.2 Å². The Morgan fingerprint density at radius 3 is 2.58 bits per heavy atom. The molecule has 4 rings (SSSR count). The zero-order chi connectivity index (χ0) is 17.2. The summed E-state index contributed by atoms with van der Waals surface area (Å²) in [6.07, 6.45) is 9.01. The highest BCUT2D eigenvalue weighted by molar-refractivity contribution is 6.01. The van der Waals surface area contributed by atoms with Gasteiger partial charge in [0.1, 0.15) is 0 Å². The number of hydrogen-bond acceptors (Lipinski definition) is 4. The molecule has 0 aromatic carbocycles. The van der Waals surface area contributed by atoms with E-state index in [1.807, 2.05) is 13.0 Å². The van der Waals surface area contributed by atoms with Crippen LogP contribution < -0.4 is 0 Å². The zero-order valence-corrected chi connectivity index (χ0v) is 14.6. The minimum absolute atomic E-state index is 0.0452. The van der Waals surface area contributed by atoms with Crippen LogP contribution in [0.15, 0.2) is 34.7 Å². The van der Waals surface area contributed by atoms with Crippen molar-refractivity contribution >= 4 is 11.8 Å². The van der Waals surface area contributed by atoms with Crippen LogP contribution in [0.4, 0.5) is 0 Å². The first-order valence-corrected chi connectivity index (χ1v) is 8.80. The molecule has 4 nitrogen and oxygen atoms in total. The van der Waals surface area contributed by atoms with Crippen LogP contribution in [0.5, 0.6) is 0 Å². The predicted octanol–water partition coefficient (Wildman–Crippen LogP) is 3.85. The molecule has 0 spiro atoms. The standard InChI is InChI=1S/C20H24O4/c1-18-8-4-9-19(2)17(22)24-16(20(18,19)3)15(21)11-14(18)6-5-13-7-10-23-12-13/h7,10-12,16H,4-6,8-9H2,1-3H3/t16-,18-,19-,20-/m1/s1. The SMILES string of the molecule is C[C@]12[C@@H]3OC(=O)[C@@]1(C)CCC[C@]2(C)C(CCc1ccoc1)=CC3=O. The molecule has 4 heteroatoms. The van der Waals surface area contributed by atoms with Crippen molar-refractivity contribution in [2.24, 2.45) is 16.2 Å². The average molecular weight is 328 g/mol. The maximum Gasteiger partial charge on any atom is 0.313 e. The van der Waals surface area contributed by atoms with E-state index in [0.717, 1.165) is 43.2 Å². The fourth-order valence-electron chi connectivity index (χ4n) is 5.48. The van der Waals surface area contributed by atoms with Crippen molar-refractivity contribution in [2.45, 2.75) is 59.0 Å². The van der Waals surface area contributed by atoms with E-state index in [0.29, 0.717) is 0 Å². The Kier molecular flexibility index (Phi) is 3.16. The second-order valence-corrected chi connectivity index (χ2v) is 8.21. The summed E-state index contributed by atoms with van der Waals surface area (Å²) in [4.78, 5) is 25.3. The third-order valence-electron chi connectivity index (χ3n) is 7.39.